The van der Waals surface area contributed by atoms with Gasteiger partial charge < -0.3 is 5.32 Å². The lowest BCUT2D eigenvalue weighted by Gasteiger charge is -2.13. The molecule has 0 unspecified atom stereocenters. The lowest BCUT2D eigenvalue weighted by atomic mass is 10.2. The second-order valence-corrected chi connectivity index (χ2v) is 8.03. The predicted molar refractivity (Wildman–Crippen MR) is 124 cm³/mol. The van der Waals surface area contributed by atoms with Crippen LogP contribution < -0.4 is 10.6 Å². The number of pyridine rings is 1. The number of urea groups is 1. The zero-order valence-corrected chi connectivity index (χ0v) is 18.7. The molecule has 4 rings (SSSR count). The number of nitrogens with one attached hydrogen (secondary N) is 2. The molecule has 4 aromatic rings. The van der Waals surface area contributed by atoms with E-state index in [-0.39, 0.29) is 22.4 Å². The molecule has 0 radical (unpaired) electrons. The molecule has 0 bridgehead atoms. The standard InChI is InChI=1S/C23H17F3N6O2S/c24-23(25,26)16-5-4-8-18(13-16)32-20(15-9-11-27-12-10-15)30-31-22(32)35-14-19(33)29-21(34)28-17-6-2-1-3-7-17/h1-13H,14H2,(H2,28,29,33,34). The van der Waals surface area contributed by atoms with Gasteiger partial charge in [0.25, 0.3) is 0 Å². The van der Waals surface area contributed by atoms with Gasteiger partial charge in [0.1, 0.15) is 0 Å². The number of anilines is 1. The second kappa shape index (κ2) is 10.4. The van der Waals surface area contributed by atoms with Crippen LogP contribution in [0.5, 0.6) is 0 Å². The average Bonchev–Trinajstić information content (AvgIpc) is 3.27. The van der Waals surface area contributed by atoms with E-state index in [0.717, 1.165) is 23.9 Å². The number of imide groups is 1. The van der Waals surface area contributed by atoms with Crippen LogP contribution in [0.4, 0.5) is 23.7 Å². The zero-order valence-electron chi connectivity index (χ0n) is 17.9. The van der Waals surface area contributed by atoms with E-state index in [1.165, 1.54) is 29.1 Å². The second-order valence-electron chi connectivity index (χ2n) is 7.08. The first-order valence-corrected chi connectivity index (χ1v) is 11.1. The lowest BCUT2D eigenvalue weighted by Crippen LogP contribution is -2.35. The molecule has 0 aliphatic rings. The number of thioether (sulfide) groups is 1. The van der Waals surface area contributed by atoms with Crippen molar-refractivity contribution >= 4 is 29.4 Å². The fourth-order valence-corrected chi connectivity index (χ4v) is 3.83. The third-order valence-electron chi connectivity index (χ3n) is 4.62. The van der Waals surface area contributed by atoms with E-state index < -0.39 is 23.7 Å². The van der Waals surface area contributed by atoms with Crippen LogP contribution in [0.25, 0.3) is 17.1 Å². The molecule has 0 saturated heterocycles. The Balaban J connectivity index is 1.56. The third kappa shape index (κ3) is 6.03. The highest BCUT2D eigenvalue weighted by Crippen LogP contribution is 2.33. The van der Waals surface area contributed by atoms with E-state index in [1.807, 2.05) is 0 Å². The van der Waals surface area contributed by atoms with Crippen LogP contribution in [0.15, 0.2) is 84.3 Å². The van der Waals surface area contributed by atoms with Crippen LogP contribution >= 0.6 is 11.8 Å². The van der Waals surface area contributed by atoms with E-state index in [0.29, 0.717) is 11.3 Å². The number of halogens is 3. The summed E-state index contributed by atoms with van der Waals surface area (Å²) < 4.78 is 41.4. The van der Waals surface area contributed by atoms with E-state index in [9.17, 15) is 22.8 Å². The Kier molecular flexibility index (Phi) is 7.11. The van der Waals surface area contributed by atoms with Gasteiger partial charge in [0.2, 0.25) is 5.91 Å². The molecule has 35 heavy (non-hydrogen) atoms. The Morgan fingerprint density at radius 3 is 2.40 bits per heavy atom. The van der Waals surface area contributed by atoms with Gasteiger partial charge in [-0.15, -0.1) is 10.2 Å². The molecule has 0 saturated carbocycles. The van der Waals surface area contributed by atoms with Gasteiger partial charge >= 0.3 is 12.2 Å². The number of aromatic nitrogens is 4. The highest BCUT2D eigenvalue weighted by molar-refractivity contribution is 7.99. The lowest BCUT2D eigenvalue weighted by molar-refractivity contribution is -0.137. The Bertz CT molecular complexity index is 1330. The summed E-state index contributed by atoms with van der Waals surface area (Å²) in [6.07, 6.45) is -1.50. The Morgan fingerprint density at radius 2 is 1.69 bits per heavy atom. The van der Waals surface area contributed by atoms with Gasteiger partial charge in [-0.3, -0.25) is 19.7 Å². The number of amides is 3. The largest absolute Gasteiger partial charge is 0.416 e. The number of hydrogen-bond acceptors (Lipinski definition) is 6. The first-order chi connectivity index (χ1) is 16.8. The van der Waals surface area contributed by atoms with Crippen molar-refractivity contribution in [3.63, 3.8) is 0 Å². The van der Waals surface area contributed by atoms with Gasteiger partial charge in [-0.2, -0.15) is 13.2 Å². The number of nitrogens with zero attached hydrogens (tertiary/aromatic N) is 4. The topological polar surface area (TPSA) is 102 Å². The molecule has 0 atom stereocenters. The number of benzene rings is 2. The normalized spacial score (nSPS) is 11.2. The molecule has 2 N–H and O–H groups in total. The first kappa shape index (κ1) is 24.0. The average molecular weight is 498 g/mol. The van der Waals surface area contributed by atoms with Crippen molar-refractivity contribution in [2.45, 2.75) is 11.3 Å². The van der Waals surface area contributed by atoms with Crippen molar-refractivity contribution in [1.82, 2.24) is 25.1 Å². The van der Waals surface area contributed by atoms with E-state index in [4.69, 9.17) is 0 Å². The molecular formula is C23H17F3N6O2S. The Labute approximate surface area is 201 Å². The molecule has 0 spiro atoms. The summed E-state index contributed by atoms with van der Waals surface area (Å²) in [7, 11) is 0. The van der Waals surface area contributed by atoms with E-state index >= 15 is 0 Å². The highest BCUT2D eigenvalue weighted by Gasteiger charge is 2.31. The maximum atomic E-state index is 13.3. The molecule has 12 heteroatoms. The zero-order chi connectivity index (χ0) is 24.8. The smallest absolute Gasteiger partial charge is 0.308 e. The third-order valence-corrected chi connectivity index (χ3v) is 5.55. The molecule has 178 valence electrons. The predicted octanol–water partition coefficient (Wildman–Crippen LogP) is 4.79. The molecule has 3 amide bonds. The molecule has 2 aromatic carbocycles. The van der Waals surface area contributed by atoms with Gasteiger partial charge in [0.05, 0.1) is 17.0 Å². The molecule has 8 nitrogen and oxygen atoms in total. The van der Waals surface area contributed by atoms with Crippen LogP contribution in [0.2, 0.25) is 0 Å². The summed E-state index contributed by atoms with van der Waals surface area (Å²) in [5.74, 6) is -0.570. The van der Waals surface area contributed by atoms with Gasteiger partial charge in [-0.1, -0.05) is 36.0 Å². The van der Waals surface area contributed by atoms with Gasteiger partial charge in [0.15, 0.2) is 11.0 Å². The molecular weight excluding hydrogens is 481 g/mol. The van der Waals surface area contributed by atoms with Crippen molar-refractivity contribution in [1.29, 1.82) is 0 Å². The quantitative estimate of drug-likeness (QED) is 0.371. The van der Waals surface area contributed by atoms with Gasteiger partial charge in [-0.25, -0.2) is 4.79 Å². The fraction of sp³-hybridized carbons (Fsp3) is 0.0870. The summed E-state index contributed by atoms with van der Waals surface area (Å²) in [6.45, 7) is 0. The molecule has 0 fully saturated rings. The summed E-state index contributed by atoms with van der Waals surface area (Å²) in [6, 6.07) is 15.9. The summed E-state index contributed by atoms with van der Waals surface area (Å²) >= 11 is 0.928. The maximum absolute atomic E-state index is 13.3. The minimum Gasteiger partial charge on any atom is -0.308 e. The summed E-state index contributed by atoms with van der Waals surface area (Å²) in [5.41, 5.74) is 0.414. The minimum absolute atomic E-state index is 0.168. The number of carbonyl (C=O) groups is 2. The number of carbonyl (C=O) groups excluding carboxylic acids is 2. The van der Waals surface area contributed by atoms with E-state index in [2.05, 4.69) is 25.8 Å². The Morgan fingerprint density at radius 1 is 0.943 bits per heavy atom. The first-order valence-electron chi connectivity index (χ1n) is 10.1. The van der Waals surface area contributed by atoms with Crippen molar-refractivity contribution in [3.05, 3.63) is 84.7 Å². The number of hydrogen-bond donors (Lipinski definition) is 2. The molecule has 0 aliphatic carbocycles. The maximum Gasteiger partial charge on any atom is 0.416 e. The monoisotopic (exact) mass is 498 g/mol. The van der Waals surface area contributed by atoms with Crippen LogP contribution in [0, 0.1) is 0 Å². The summed E-state index contributed by atoms with van der Waals surface area (Å²) in [5, 5.41) is 13.1. The molecule has 2 aromatic heterocycles. The fourth-order valence-electron chi connectivity index (χ4n) is 3.08. The van der Waals surface area contributed by atoms with E-state index in [1.54, 1.807) is 42.5 Å². The Hall–Kier alpha value is -4.19. The van der Waals surface area contributed by atoms with Crippen molar-refractivity contribution < 1.29 is 22.8 Å². The summed E-state index contributed by atoms with van der Waals surface area (Å²) in [4.78, 5) is 28.3. The van der Waals surface area contributed by atoms with Crippen LogP contribution in [-0.4, -0.2) is 37.4 Å². The minimum atomic E-state index is -4.54. The van der Waals surface area contributed by atoms with Crippen LogP contribution in [-0.2, 0) is 11.0 Å². The SMILES string of the molecule is O=C(CSc1nnc(-c2ccncc2)n1-c1cccc(C(F)(F)F)c1)NC(=O)Nc1ccccc1. The van der Waals surface area contributed by atoms with Gasteiger partial charge in [0, 0.05) is 23.6 Å². The number of para-hydroxylation sites is 1. The molecule has 0 aliphatic heterocycles. The number of alkyl halides is 3. The van der Waals surface area contributed by atoms with Crippen LogP contribution in [0.1, 0.15) is 5.56 Å². The van der Waals surface area contributed by atoms with Crippen molar-refractivity contribution in [2.75, 3.05) is 11.1 Å². The molecule has 2 heterocycles. The number of rotatable bonds is 6. The highest BCUT2D eigenvalue weighted by atomic mass is 32.2. The van der Waals surface area contributed by atoms with Crippen molar-refractivity contribution in [2.24, 2.45) is 0 Å². The van der Waals surface area contributed by atoms with Gasteiger partial charge in [-0.05, 0) is 42.5 Å². The van der Waals surface area contributed by atoms with Crippen LogP contribution in [0.3, 0.4) is 0 Å². The van der Waals surface area contributed by atoms with Crippen molar-refractivity contribution in [3.8, 4) is 17.1 Å².